The molecule has 1 aliphatic heterocycles. The molecule has 0 saturated heterocycles. The fourth-order valence-corrected chi connectivity index (χ4v) is 3.78. The lowest BCUT2D eigenvalue weighted by atomic mass is 10.1. The number of amides is 2. The third-order valence-electron chi connectivity index (χ3n) is 4.51. The van der Waals surface area contributed by atoms with Crippen LogP contribution in [0.4, 0.5) is 5.69 Å². The Kier molecular flexibility index (Phi) is 7.79. The zero-order chi connectivity index (χ0) is 21.3. The lowest BCUT2D eigenvalue weighted by molar-refractivity contribution is -0.112. The molecule has 0 aromatic heterocycles. The van der Waals surface area contributed by atoms with Crippen molar-refractivity contribution in [1.29, 1.82) is 0 Å². The highest BCUT2D eigenvalue weighted by Gasteiger charge is 2.18. The number of carbonyl (C=O) groups is 2. The number of allylic oxidation sites excluding steroid dienone is 1. The van der Waals surface area contributed by atoms with Crippen molar-refractivity contribution >= 4 is 29.3 Å². The van der Waals surface area contributed by atoms with Gasteiger partial charge in [-0.1, -0.05) is 12.1 Å². The lowest BCUT2D eigenvalue weighted by Gasteiger charge is -2.17. The molecule has 0 fully saturated rings. The molecule has 2 N–H and O–H groups in total. The highest BCUT2D eigenvalue weighted by molar-refractivity contribution is 8.04. The molecule has 0 unspecified atom stereocenters. The first kappa shape index (κ1) is 21.8. The van der Waals surface area contributed by atoms with Crippen LogP contribution < -0.4 is 15.4 Å². The third-order valence-corrected chi connectivity index (χ3v) is 5.65. The summed E-state index contributed by atoms with van der Waals surface area (Å²) in [6.07, 6.45) is 0.737. The SMILES string of the molecule is CCOc1ccc(CCNC(=O)c2ccc(NC(=O)C3=C(C)OCCS3)cc2)cc1. The summed E-state index contributed by atoms with van der Waals surface area (Å²) in [6, 6.07) is 14.7. The maximum absolute atomic E-state index is 12.4. The van der Waals surface area contributed by atoms with Gasteiger partial charge in [-0.15, -0.1) is 11.8 Å². The number of anilines is 1. The summed E-state index contributed by atoms with van der Waals surface area (Å²) in [5.74, 6) is 1.92. The molecular formula is C23H26N2O4S. The van der Waals surface area contributed by atoms with Gasteiger partial charge in [-0.05, 0) is 62.2 Å². The maximum atomic E-state index is 12.4. The first-order valence-electron chi connectivity index (χ1n) is 9.94. The molecule has 0 bridgehead atoms. The van der Waals surface area contributed by atoms with E-state index >= 15 is 0 Å². The van der Waals surface area contributed by atoms with Crippen molar-refractivity contribution < 1.29 is 19.1 Å². The zero-order valence-corrected chi connectivity index (χ0v) is 18.0. The summed E-state index contributed by atoms with van der Waals surface area (Å²) in [7, 11) is 0. The summed E-state index contributed by atoms with van der Waals surface area (Å²) in [5, 5.41) is 5.77. The number of benzene rings is 2. The molecule has 7 heteroatoms. The Morgan fingerprint density at radius 3 is 2.47 bits per heavy atom. The predicted molar refractivity (Wildman–Crippen MR) is 120 cm³/mol. The van der Waals surface area contributed by atoms with Gasteiger partial charge in [-0.3, -0.25) is 9.59 Å². The molecule has 0 radical (unpaired) electrons. The fraction of sp³-hybridized carbons (Fsp3) is 0.304. The van der Waals surface area contributed by atoms with Crippen LogP contribution >= 0.6 is 11.8 Å². The van der Waals surface area contributed by atoms with Crippen LogP contribution in [0.5, 0.6) is 5.75 Å². The Morgan fingerprint density at radius 2 is 1.80 bits per heavy atom. The van der Waals surface area contributed by atoms with Crippen LogP contribution in [-0.4, -0.2) is 37.3 Å². The smallest absolute Gasteiger partial charge is 0.265 e. The van der Waals surface area contributed by atoms with E-state index in [4.69, 9.17) is 9.47 Å². The van der Waals surface area contributed by atoms with Gasteiger partial charge in [0.1, 0.15) is 16.4 Å². The molecule has 158 valence electrons. The van der Waals surface area contributed by atoms with E-state index in [1.165, 1.54) is 11.8 Å². The van der Waals surface area contributed by atoms with Gasteiger partial charge in [0.05, 0.1) is 13.2 Å². The molecule has 30 heavy (non-hydrogen) atoms. The Labute approximate surface area is 181 Å². The number of nitrogens with one attached hydrogen (secondary N) is 2. The van der Waals surface area contributed by atoms with Crippen LogP contribution in [-0.2, 0) is 16.0 Å². The van der Waals surface area contributed by atoms with E-state index in [0.717, 1.165) is 23.5 Å². The molecule has 2 amide bonds. The first-order chi connectivity index (χ1) is 14.6. The van der Waals surface area contributed by atoms with Gasteiger partial charge in [0.15, 0.2) is 0 Å². The van der Waals surface area contributed by atoms with E-state index in [9.17, 15) is 9.59 Å². The number of rotatable bonds is 8. The summed E-state index contributed by atoms with van der Waals surface area (Å²) >= 11 is 1.49. The van der Waals surface area contributed by atoms with Crippen molar-refractivity contribution in [2.24, 2.45) is 0 Å². The quantitative estimate of drug-likeness (QED) is 0.667. The van der Waals surface area contributed by atoms with E-state index in [1.807, 2.05) is 31.2 Å². The average molecular weight is 427 g/mol. The minimum absolute atomic E-state index is 0.145. The number of hydrogen-bond donors (Lipinski definition) is 2. The van der Waals surface area contributed by atoms with E-state index < -0.39 is 0 Å². The van der Waals surface area contributed by atoms with Crippen LogP contribution in [0.2, 0.25) is 0 Å². The first-order valence-corrected chi connectivity index (χ1v) is 10.9. The molecule has 6 nitrogen and oxygen atoms in total. The number of hydrogen-bond acceptors (Lipinski definition) is 5. The highest BCUT2D eigenvalue weighted by atomic mass is 32.2. The Morgan fingerprint density at radius 1 is 1.07 bits per heavy atom. The molecule has 2 aromatic carbocycles. The lowest BCUT2D eigenvalue weighted by Crippen LogP contribution is -2.25. The van der Waals surface area contributed by atoms with Gasteiger partial charge in [0.25, 0.3) is 11.8 Å². The summed E-state index contributed by atoms with van der Waals surface area (Å²) < 4.78 is 10.9. The minimum atomic E-state index is -0.190. The van der Waals surface area contributed by atoms with Crippen LogP contribution in [0.25, 0.3) is 0 Å². The summed E-state index contributed by atoms with van der Waals surface area (Å²) in [4.78, 5) is 25.3. The minimum Gasteiger partial charge on any atom is -0.496 e. The normalized spacial score (nSPS) is 13.4. The van der Waals surface area contributed by atoms with Crippen LogP contribution in [0, 0.1) is 0 Å². The van der Waals surface area contributed by atoms with Gasteiger partial charge in [-0.25, -0.2) is 0 Å². The molecular weight excluding hydrogens is 400 g/mol. The molecule has 1 heterocycles. The second-order valence-electron chi connectivity index (χ2n) is 6.70. The van der Waals surface area contributed by atoms with Crippen molar-refractivity contribution in [2.45, 2.75) is 20.3 Å². The van der Waals surface area contributed by atoms with Gasteiger partial charge in [-0.2, -0.15) is 0 Å². The third kappa shape index (κ3) is 6.03. The molecule has 1 aliphatic rings. The molecule has 0 atom stereocenters. The van der Waals surface area contributed by atoms with Crippen molar-refractivity contribution in [3.05, 3.63) is 70.3 Å². The Hall–Kier alpha value is -2.93. The summed E-state index contributed by atoms with van der Waals surface area (Å²) in [5.41, 5.74) is 2.31. The Balaban J connectivity index is 1.48. The predicted octanol–water partition coefficient (Wildman–Crippen LogP) is 3.99. The van der Waals surface area contributed by atoms with E-state index in [1.54, 1.807) is 31.2 Å². The van der Waals surface area contributed by atoms with E-state index in [0.29, 0.717) is 41.7 Å². The molecule has 0 aliphatic carbocycles. The van der Waals surface area contributed by atoms with Gasteiger partial charge < -0.3 is 20.1 Å². The van der Waals surface area contributed by atoms with Crippen molar-refractivity contribution in [3.63, 3.8) is 0 Å². The standard InChI is InChI=1S/C23H26N2O4S/c1-3-28-20-10-4-17(5-11-20)12-13-24-22(26)18-6-8-19(9-7-18)25-23(27)21-16(2)29-14-15-30-21/h4-11H,3,12-15H2,1-2H3,(H,24,26)(H,25,27). The van der Waals surface area contributed by atoms with Gasteiger partial charge in [0, 0.05) is 23.5 Å². The molecule has 2 aromatic rings. The second kappa shape index (κ2) is 10.7. The van der Waals surface area contributed by atoms with Crippen molar-refractivity contribution in [3.8, 4) is 5.75 Å². The molecule has 3 rings (SSSR count). The Bertz CT molecular complexity index is 908. The highest BCUT2D eigenvalue weighted by Crippen LogP contribution is 2.26. The zero-order valence-electron chi connectivity index (χ0n) is 17.2. The fourth-order valence-electron chi connectivity index (χ4n) is 2.97. The molecule has 0 saturated carbocycles. The molecule has 0 spiro atoms. The topological polar surface area (TPSA) is 76.7 Å². The second-order valence-corrected chi connectivity index (χ2v) is 7.80. The van der Waals surface area contributed by atoms with Gasteiger partial charge in [0.2, 0.25) is 0 Å². The van der Waals surface area contributed by atoms with Crippen LogP contribution in [0.15, 0.2) is 59.2 Å². The van der Waals surface area contributed by atoms with Gasteiger partial charge >= 0.3 is 0 Å². The maximum Gasteiger partial charge on any atom is 0.265 e. The van der Waals surface area contributed by atoms with Crippen molar-refractivity contribution in [1.82, 2.24) is 5.32 Å². The number of carbonyl (C=O) groups excluding carboxylic acids is 2. The van der Waals surface area contributed by atoms with E-state index in [-0.39, 0.29) is 11.8 Å². The average Bonchev–Trinajstić information content (AvgIpc) is 2.76. The monoisotopic (exact) mass is 426 g/mol. The summed E-state index contributed by atoms with van der Waals surface area (Å²) in [6.45, 7) is 5.55. The van der Waals surface area contributed by atoms with Crippen molar-refractivity contribution in [2.75, 3.05) is 30.8 Å². The van der Waals surface area contributed by atoms with E-state index in [2.05, 4.69) is 10.6 Å². The van der Waals surface area contributed by atoms with Crippen LogP contribution in [0.1, 0.15) is 29.8 Å². The van der Waals surface area contributed by atoms with Crippen LogP contribution in [0.3, 0.4) is 0 Å². The number of ether oxygens (including phenoxy) is 2. The largest absolute Gasteiger partial charge is 0.496 e. The number of thioether (sulfide) groups is 1.